The number of hydrogen-bond donors (Lipinski definition) is 1. The number of nitrogens with two attached hydrogens (primary N) is 1. The van der Waals surface area contributed by atoms with E-state index in [1.807, 2.05) is 18.2 Å². The molecule has 1 aromatic carbocycles. The summed E-state index contributed by atoms with van der Waals surface area (Å²) in [6.45, 7) is 4.47. The number of benzene rings is 1. The monoisotopic (exact) mass is 251 g/mol. The van der Waals surface area contributed by atoms with Gasteiger partial charge in [0.1, 0.15) is 0 Å². The van der Waals surface area contributed by atoms with Crippen molar-refractivity contribution in [3.8, 4) is 0 Å². The van der Waals surface area contributed by atoms with Crippen LogP contribution in [0, 0.1) is 5.92 Å². The molecule has 0 amide bonds. The van der Waals surface area contributed by atoms with Crippen LogP contribution in [0.1, 0.15) is 31.4 Å². The fraction of sp³-hybridized carbons (Fsp3) is 0.600. The van der Waals surface area contributed by atoms with Gasteiger partial charge in [-0.25, -0.2) is 0 Å². The third-order valence-electron chi connectivity index (χ3n) is 3.15. The molecule has 0 heterocycles. The molecule has 3 heteroatoms. The normalized spacial score (nSPS) is 14.4. The van der Waals surface area contributed by atoms with E-state index < -0.39 is 0 Å². The maximum absolute atomic E-state index is 6.23. The van der Waals surface area contributed by atoms with E-state index >= 15 is 0 Å². The molecule has 0 bridgehead atoms. The smallest absolute Gasteiger partial charge is 0.0487 e. The molecule has 2 unspecified atom stereocenters. The second kappa shape index (κ2) is 9.09. The molecule has 0 aliphatic carbocycles. The summed E-state index contributed by atoms with van der Waals surface area (Å²) in [5.74, 6) is 0.426. The van der Waals surface area contributed by atoms with Gasteiger partial charge in [0.25, 0.3) is 0 Å². The van der Waals surface area contributed by atoms with Gasteiger partial charge < -0.3 is 15.2 Å². The Bertz CT molecular complexity index is 303. The summed E-state index contributed by atoms with van der Waals surface area (Å²) in [6.07, 6.45) is 1.94. The Kier molecular flexibility index (Phi) is 7.65. The summed E-state index contributed by atoms with van der Waals surface area (Å²) < 4.78 is 10.5. The van der Waals surface area contributed by atoms with E-state index in [0.717, 1.165) is 32.7 Å². The molecule has 0 radical (unpaired) electrons. The first-order valence-corrected chi connectivity index (χ1v) is 6.63. The van der Waals surface area contributed by atoms with Crippen molar-refractivity contribution >= 4 is 0 Å². The van der Waals surface area contributed by atoms with Gasteiger partial charge in [-0.3, -0.25) is 0 Å². The van der Waals surface area contributed by atoms with E-state index in [-0.39, 0.29) is 6.04 Å². The fourth-order valence-electron chi connectivity index (χ4n) is 1.86. The molecule has 2 atom stereocenters. The minimum absolute atomic E-state index is 0.0915. The number of ether oxygens (including phenoxy) is 2. The van der Waals surface area contributed by atoms with E-state index in [2.05, 4.69) is 19.1 Å². The van der Waals surface area contributed by atoms with Crippen LogP contribution in [0.25, 0.3) is 0 Å². The molecule has 0 aliphatic heterocycles. The molecule has 2 N–H and O–H groups in total. The van der Waals surface area contributed by atoms with Crippen LogP contribution < -0.4 is 5.73 Å². The molecule has 1 rings (SSSR count). The zero-order valence-electron chi connectivity index (χ0n) is 11.5. The molecule has 102 valence electrons. The Labute approximate surface area is 110 Å². The van der Waals surface area contributed by atoms with Crippen LogP contribution in [-0.2, 0) is 9.47 Å². The summed E-state index contributed by atoms with van der Waals surface area (Å²) in [5.41, 5.74) is 7.42. The molecule has 0 aromatic heterocycles. The summed E-state index contributed by atoms with van der Waals surface area (Å²) >= 11 is 0. The van der Waals surface area contributed by atoms with E-state index in [1.165, 1.54) is 5.56 Å². The summed E-state index contributed by atoms with van der Waals surface area (Å²) in [5, 5.41) is 0. The van der Waals surface area contributed by atoms with Crippen LogP contribution in [0.15, 0.2) is 30.3 Å². The van der Waals surface area contributed by atoms with Gasteiger partial charge in [-0.05, 0) is 24.3 Å². The predicted octanol–water partition coefficient (Wildman–Crippen LogP) is 2.77. The van der Waals surface area contributed by atoms with Gasteiger partial charge >= 0.3 is 0 Å². The standard InChI is InChI=1S/C15H25NO2/c1-13(9-12-18-11-6-10-17-2)15(16)14-7-4-3-5-8-14/h3-5,7-8,13,15H,6,9-12,16H2,1-2H3. The molecule has 1 aromatic rings. The first-order chi connectivity index (χ1) is 8.75. The van der Waals surface area contributed by atoms with Gasteiger partial charge in [-0.2, -0.15) is 0 Å². The lowest BCUT2D eigenvalue weighted by Gasteiger charge is -2.20. The van der Waals surface area contributed by atoms with Crippen molar-refractivity contribution in [2.75, 3.05) is 26.9 Å². The highest BCUT2D eigenvalue weighted by Crippen LogP contribution is 2.21. The van der Waals surface area contributed by atoms with Gasteiger partial charge in [0, 0.05) is 33.0 Å². The first-order valence-electron chi connectivity index (χ1n) is 6.63. The zero-order chi connectivity index (χ0) is 13.2. The molecule has 3 nitrogen and oxygen atoms in total. The summed E-state index contributed by atoms with van der Waals surface area (Å²) in [4.78, 5) is 0. The maximum Gasteiger partial charge on any atom is 0.0487 e. The minimum Gasteiger partial charge on any atom is -0.385 e. The molecule has 0 saturated carbocycles. The van der Waals surface area contributed by atoms with Gasteiger partial charge in [-0.15, -0.1) is 0 Å². The zero-order valence-corrected chi connectivity index (χ0v) is 11.5. The molecule has 18 heavy (non-hydrogen) atoms. The van der Waals surface area contributed by atoms with Crippen molar-refractivity contribution < 1.29 is 9.47 Å². The van der Waals surface area contributed by atoms with Gasteiger partial charge in [0.15, 0.2) is 0 Å². The third-order valence-corrected chi connectivity index (χ3v) is 3.15. The van der Waals surface area contributed by atoms with E-state index in [0.29, 0.717) is 5.92 Å². The Balaban J connectivity index is 2.18. The Hall–Kier alpha value is -0.900. The van der Waals surface area contributed by atoms with Crippen molar-refractivity contribution in [1.82, 2.24) is 0 Å². The van der Waals surface area contributed by atoms with Crippen LogP contribution in [0.4, 0.5) is 0 Å². The molecule has 0 aliphatic rings. The van der Waals surface area contributed by atoms with Crippen molar-refractivity contribution in [1.29, 1.82) is 0 Å². The van der Waals surface area contributed by atoms with Gasteiger partial charge in [0.2, 0.25) is 0 Å². The topological polar surface area (TPSA) is 44.5 Å². The maximum atomic E-state index is 6.23. The number of methoxy groups -OCH3 is 1. The average Bonchev–Trinajstić information content (AvgIpc) is 2.42. The van der Waals surface area contributed by atoms with Gasteiger partial charge in [0.05, 0.1) is 0 Å². The van der Waals surface area contributed by atoms with Crippen LogP contribution in [-0.4, -0.2) is 26.9 Å². The molecular weight excluding hydrogens is 226 g/mol. The second-order valence-electron chi connectivity index (χ2n) is 4.66. The third kappa shape index (κ3) is 5.63. The highest BCUT2D eigenvalue weighted by atomic mass is 16.5. The fourth-order valence-corrected chi connectivity index (χ4v) is 1.86. The lowest BCUT2D eigenvalue weighted by atomic mass is 9.93. The molecule has 0 saturated heterocycles. The van der Waals surface area contributed by atoms with Crippen LogP contribution in [0.2, 0.25) is 0 Å². The van der Waals surface area contributed by atoms with E-state index in [9.17, 15) is 0 Å². The van der Waals surface area contributed by atoms with E-state index in [4.69, 9.17) is 15.2 Å². The van der Waals surface area contributed by atoms with Crippen LogP contribution in [0.3, 0.4) is 0 Å². The number of rotatable bonds is 9. The van der Waals surface area contributed by atoms with Crippen molar-refractivity contribution in [3.05, 3.63) is 35.9 Å². The van der Waals surface area contributed by atoms with Gasteiger partial charge in [-0.1, -0.05) is 37.3 Å². The summed E-state index contributed by atoms with van der Waals surface area (Å²) in [6, 6.07) is 10.3. The highest BCUT2D eigenvalue weighted by Gasteiger charge is 2.14. The Morgan fingerprint density at radius 1 is 1.11 bits per heavy atom. The lowest BCUT2D eigenvalue weighted by molar-refractivity contribution is 0.0929. The number of hydrogen-bond acceptors (Lipinski definition) is 3. The minimum atomic E-state index is 0.0915. The Morgan fingerprint density at radius 2 is 1.83 bits per heavy atom. The average molecular weight is 251 g/mol. The molecular formula is C15H25NO2. The second-order valence-corrected chi connectivity index (χ2v) is 4.66. The summed E-state index contributed by atoms with van der Waals surface area (Å²) in [7, 11) is 1.71. The molecule has 0 fully saturated rings. The van der Waals surface area contributed by atoms with E-state index in [1.54, 1.807) is 7.11 Å². The predicted molar refractivity (Wildman–Crippen MR) is 74.5 cm³/mol. The highest BCUT2D eigenvalue weighted by molar-refractivity contribution is 5.18. The van der Waals surface area contributed by atoms with Crippen molar-refractivity contribution in [2.45, 2.75) is 25.8 Å². The lowest BCUT2D eigenvalue weighted by Crippen LogP contribution is -2.20. The van der Waals surface area contributed by atoms with Crippen molar-refractivity contribution in [2.24, 2.45) is 11.7 Å². The van der Waals surface area contributed by atoms with Crippen LogP contribution >= 0.6 is 0 Å². The Morgan fingerprint density at radius 3 is 2.50 bits per heavy atom. The van der Waals surface area contributed by atoms with Crippen LogP contribution in [0.5, 0.6) is 0 Å². The quantitative estimate of drug-likeness (QED) is 0.686. The van der Waals surface area contributed by atoms with Crippen molar-refractivity contribution in [3.63, 3.8) is 0 Å². The first kappa shape index (κ1) is 15.2. The largest absolute Gasteiger partial charge is 0.385 e. The SMILES string of the molecule is COCCCOCCC(C)C(N)c1ccccc1. The molecule has 0 spiro atoms.